The molecular formula is C24H21N3O4. The second-order valence-corrected chi connectivity index (χ2v) is 7.24. The number of aryl methyl sites for hydroxylation is 1. The second kappa shape index (κ2) is 8.71. The zero-order valence-electron chi connectivity index (χ0n) is 16.9. The molecule has 4 aromatic rings. The molecule has 1 amide bonds. The van der Waals surface area contributed by atoms with Crippen molar-refractivity contribution in [1.29, 1.82) is 0 Å². The molecule has 2 aromatic carbocycles. The Bertz CT molecular complexity index is 1280. The first-order chi connectivity index (χ1) is 15.0. The van der Waals surface area contributed by atoms with Crippen molar-refractivity contribution in [3.63, 3.8) is 0 Å². The van der Waals surface area contributed by atoms with E-state index in [4.69, 9.17) is 4.42 Å². The van der Waals surface area contributed by atoms with E-state index < -0.39 is 5.69 Å². The van der Waals surface area contributed by atoms with E-state index in [2.05, 4.69) is 15.3 Å². The quantitative estimate of drug-likeness (QED) is 0.446. The minimum absolute atomic E-state index is 0.191. The van der Waals surface area contributed by atoms with Crippen molar-refractivity contribution in [2.75, 3.05) is 0 Å². The fraction of sp³-hybridized carbons (Fsp3) is 0.125. The molecule has 0 aliphatic carbocycles. The van der Waals surface area contributed by atoms with Crippen LogP contribution in [-0.2, 0) is 13.0 Å². The number of rotatable bonds is 6. The molecule has 0 saturated carbocycles. The first-order valence-electron chi connectivity index (χ1n) is 9.78. The van der Waals surface area contributed by atoms with Crippen LogP contribution in [0.25, 0.3) is 11.3 Å². The highest BCUT2D eigenvalue weighted by atomic mass is 16.3. The van der Waals surface area contributed by atoms with Crippen molar-refractivity contribution in [2.45, 2.75) is 19.9 Å². The van der Waals surface area contributed by atoms with Gasteiger partial charge in [0.1, 0.15) is 11.5 Å². The molecule has 156 valence electrons. The number of carbonyl (C=O) groups is 1. The zero-order valence-corrected chi connectivity index (χ0v) is 16.9. The second-order valence-electron chi connectivity index (χ2n) is 7.24. The molecule has 0 radical (unpaired) electrons. The third-order valence-electron chi connectivity index (χ3n) is 4.88. The Hall–Kier alpha value is -4.13. The molecule has 0 aliphatic rings. The first kappa shape index (κ1) is 20.2. The van der Waals surface area contributed by atoms with Crippen LogP contribution >= 0.6 is 0 Å². The van der Waals surface area contributed by atoms with Gasteiger partial charge in [-0.3, -0.25) is 4.79 Å². The maximum absolute atomic E-state index is 12.5. The Morgan fingerprint density at radius 1 is 1.13 bits per heavy atom. The van der Waals surface area contributed by atoms with Gasteiger partial charge in [-0.2, -0.15) is 4.98 Å². The summed E-state index contributed by atoms with van der Waals surface area (Å²) in [6, 6.07) is 17.7. The molecule has 2 aromatic heterocycles. The van der Waals surface area contributed by atoms with Gasteiger partial charge in [0, 0.05) is 23.2 Å². The lowest BCUT2D eigenvalue weighted by Gasteiger charge is -2.08. The van der Waals surface area contributed by atoms with Gasteiger partial charge >= 0.3 is 5.69 Å². The first-order valence-corrected chi connectivity index (χ1v) is 9.78. The highest BCUT2D eigenvalue weighted by Gasteiger charge is 2.10. The van der Waals surface area contributed by atoms with Crippen molar-refractivity contribution in [2.24, 2.45) is 0 Å². The number of phenolic OH excluding ortho intramolecular Hbond substituents is 1. The lowest BCUT2D eigenvalue weighted by Crippen LogP contribution is -2.22. The van der Waals surface area contributed by atoms with Gasteiger partial charge in [-0.15, -0.1) is 0 Å². The molecule has 0 aliphatic heterocycles. The van der Waals surface area contributed by atoms with Crippen LogP contribution in [0, 0.1) is 6.92 Å². The van der Waals surface area contributed by atoms with E-state index in [1.807, 2.05) is 6.07 Å². The number of aromatic hydroxyl groups is 1. The summed E-state index contributed by atoms with van der Waals surface area (Å²) in [6.45, 7) is 2.10. The van der Waals surface area contributed by atoms with Gasteiger partial charge in [-0.1, -0.05) is 12.1 Å². The molecule has 2 heterocycles. The number of nitrogens with one attached hydrogen (secondary N) is 2. The van der Waals surface area contributed by atoms with E-state index in [1.54, 1.807) is 67.8 Å². The predicted octanol–water partition coefficient (Wildman–Crippen LogP) is 3.56. The van der Waals surface area contributed by atoms with Gasteiger partial charge in [0.2, 0.25) is 0 Å². The van der Waals surface area contributed by atoms with Gasteiger partial charge in [-0.05, 0) is 66.6 Å². The number of carbonyl (C=O) groups excluding carboxylic acids is 1. The van der Waals surface area contributed by atoms with Gasteiger partial charge in [-0.25, -0.2) is 4.79 Å². The van der Waals surface area contributed by atoms with Crippen LogP contribution in [0.1, 0.15) is 32.9 Å². The number of phenols is 1. The van der Waals surface area contributed by atoms with Crippen LogP contribution in [0.2, 0.25) is 0 Å². The van der Waals surface area contributed by atoms with Crippen LogP contribution in [0.4, 0.5) is 0 Å². The number of hydrogen-bond donors (Lipinski definition) is 3. The maximum Gasteiger partial charge on any atom is 0.345 e. The molecule has 0 spiro atoms. The van der Waals surface area contributed by atoms with Gasteiger partial charge < -0.3 is 19.8 Å². The fourth-order valence-corrected chi connectivity index (χ4v) is 3.29. The summed E-state index contributed by atoms with van der Waals surface area (Å²) in [4.78, 5) is 31.4. The number of aromatic nitrogens is 2. The van der Waals surface area contributed by atoms with Gasteiger partial charge in [0.25, 0.3) is 5.91 Å². The topological polar surface area (TPSA) is 108 Å². The van der Waals surface area contributed by atoms with E-state index >= 15 is 0 Å². The molecule has 0 bridgehead atoms. The number of amides is 1. The van der Waals surface area contributed by atoms with Gasteiger partial charge in [0.15, 0.2) is 0 Å². The SMILES string of the molecule is Cc1cc(-c2cc(Cc3cccc(C(=O)NCc4ccco4)c3)[nH]c(=O)n2)ccc1O. The highest BCUT2D eigenvalue weighted by molar-refractivity contribution is 5.94. The van der Waals surface area contributed by atoms with E-state index in [0.29, 0.717) is 41.2 Å². The van der Waals surface area contributed by atoms with E-state index in [9.17, 15) is 14.7 Å². The summed E-state index contributed by atoms with van der Waals surface area (Å²) in [6.07, 6.45) is 1.99. The minimum Gasteiger partial charge on any atom is -0.508 e. The average Bonchev–Trinajstić information content (AvgIpc) is 3.27. The maximum atomic E-state index is 12.5. The number of furan rings is 1. The zero-order chi connectivity index (χ0) is 21.8. The summed E-state index contributed by atoms with van der Waals surface area (Å²) in [7, 11) is 0. The third-order valence-corrected chi connectivity index (χ3v) is 4.88. The molecular weight excluding hydrogens is 394 g/mol. The molecule has 0 atom stereocenters. The van der Waals surface area contributed by atoms with Crippen molar-refractivity contribution >= 4 is 5.91 Å². The van der Waals surface area contributed by atoms with Crippen molar-refractivity contribution in [3.05, 3.63) is 106 Å². The Labute approximate surface area is 178 Å². The highest BCUT2D eigenvalue weighted by Crippen LogP contribution is 2.24. The summed E-state index contributed by atoms with van der Waals surface area (Å²) in [5.41, 5.74) is 3.59. The van der Waals surface area contributed by atoms with Crippen LogP contribution in [-0.4, -0.2) is 21.0 Å². The summed E-state index contributed by atoms with van der Waals surface area (Å²) < 4.78 is 5.23. The summed E-state index contributed by atoms with van der Waals surface area (Å²) >= 11 is 0. The lowest BCUT2D eigenvalue weighted by molar-refractivity contribution is 0.0948. The van der Waals surface area contributed by atoms with Gasteiger partial charge in [0.05, 0.1) is 18.5 Å². The predicted molar refractivity (Wildman–Crippen MR) is 116 cm³/mol. The fourth-order valence-electron chi connectivity index (χ4n) is 3.29. The Morgan fingerprint density at radius 3 is 2.77 bits per heavy atom. The molecule has 7 nitrogen and oxygen atoms in total. The van der Waals surface area contributed by atoms with Crippen molar-refractivity contribution in [1.82, 2.24) is 15.3 Å². The smallest absolute Gasteiger partial charge is 0.345 e. The van der Waals surface area contributed by atoms with Crippen LogP contribution < -0.4 is 11.0 Å². The summed E-state index contributed by atoms with van der Waals surface area (Å²) in [5.74, 6) is 0.661. The molecule has 31 heavy (non-hydrogen) atoms. The van der Waals surface area contributed by atoms with Crippen LogP contribution in [0.5, 0.6) is 5.75 Å². The van der Waals surface area contributed by atoms with E-state index in [1.165, 1.54) is 0 Å². The Morgan fingerprint density at radius 2 is 2.00 bits per heavy atom. The number of benzene rings is 2. The van der Waals surface area contributed by atoms with Crippen LogP contribution in [0.3, 0.4) is 0 Å². The lowest BCUT2D eigenvalue weighted by atomic mass is 10.0. The van der Waals surface area contributed by atoms with E-state index in [-0.39, 0.29) is 11.7 Å². The molecule has 0 saturated heterocycles. The van der Waals surface area contributed by atoms with Crippen LogP contribution in [0.15, 0.2) is 76.1 Å². The molecule has 3 N–H and O–H groups in total. The monoisotopic (exact) mass is 415 g/mol. The third kappa shape index (κ3) is 4.90. The average molecular weight is 415 g/mol. The number of nitrogens with zero attached hydrogens (tertiary/aromatic N) is 1. The minimum atomic E-state index is -0.453. The molecule has 7 heteroatoms. The molecule has 0 unspecified atom stereocenters. The normalized spacial score (nSPS) is 10.7. The van der Waals surface area contributed by atoms with Crippen molar-refractivity contribution in [3.8, 4) is 17.0 Å². The Balaban J connectivity index is 1.53. The van der Waals surface area contributed by atoms with E-state index in [0.717, 1.165) is 11.1 Å². The molecule has 0 fully saturated rings. The largest absolute Gasteiger partial charge is 0.508 e. The number of hydrogen-bond acceptors (Lipinski definition) is 5. The standard InChI is InChI=1S/C24H21N3O4/c1-15-10-17(7-8-22(15)28)21-13-19(26-24(30)27-21)12-16-4-2-5-18(11-16)23(29)25-14-20-6-3-9-31-20/h2-11,13,28H,12,14H2,1H3,(H,25,29)(H,26,27,30). The molecule has 4 rings (SSSR count). The van der Waals surface area contributed by atoms with Crippen molar-refractivity contribution < 1.29 is 14.3 Å². The summed E-state index contributed by atoms with van der Waals surface area (Å²) in [5, 5.41) is 12.6. The number of aromatic amines is 1. The number of H-pyrrole nitrogens is 1. The Kier molecular flexibility index (Phi) is 5.66.